The Morgan fingerprint density at radius 3 is 2.48 bits per heavy atom. The van der Waals surface area contributed by atoms with Crippen molar-refractivity contribution in [2.24, 2.45) is 5.92 Å². The van der Waals surface area contributed by atoms with Crippen molar-refractivity contribution < 1.29 is 35.5 Å². The molecule has 0 saturated carbocycles. The Hall–Kier alpha value is -2.66. The molecule has 0 aromatic heterocycles. The number of alkyl halides is 2. The van der Waals surface area contributed by atoms with Crippen molar-refractivity contribution in [1.82, 2.24) is 4.31 Å². The number of para-hydroxylation sites is 1. The second-order valence-electron chi connectivity index (χ2n) is 7.99. The van der Waals surface area contributed by atoms with Crippen LogP contribution in [-0.2, 0) is 21.2 Å². The van der Waals surface area contributed by atoms with E-state index in [0.717, 1.165) is 22.0 Å². The highest BCUT2D eigenvalue weighted by atomic mass is 32.2. The Bertz CT molecular complexity index is 1150. The van der Waals surface area contributed by atoms with E-state index in [1.807, 2.05) is 0 Å². The lowest BCUT2D eigenvalue weighted by Gasteiger charge is -2.36. The van der Waals surface area contributed by atoms with E-state index in [0.29, 0.717) is 31.1 Å². The first-order chi connectivity index (χ1) is 15.7. The molecule has 2 aromatic rings. The van der Waals surface area contributed by atoms with Crippen LogP contribution in [0.2, 0.25) is 0 Å². The third-order valence-electron chi connectivity index (χ3n) is 5.98. The molecule has 2 aliphatic heterocycles. The van der Waals surface area contributed by atoms with Crippen LogP contribution in [0.25, 0.3) is 0 Å². The van der Waals surface area contributed by atoms with Gasteiger partial charge in [-0.1, -0.05) is 12.1 Å². The van der Waals surface area contributed by atoms with Gasteiger partial charge in [0.15, 0.2) is 0 Å². The van der Waals surface area contributed by atoms with E-state index in [1.165, 1.54) is 11.0 Å². The van der Waals surface area contributed by atoms with E-state index >= 15 is 0 Å². The highest BCUT2D eigenvalue weighted by molar-refractivity contribution is 7.89. The smallest absolute Gasteiger partial charge is 0.387 e. The lowest BCUT2D eigenvalue weighted by Crippen LogP contribution is -2.46. The fraction of sp³-hybridized carbons (Fsp3) is 0.409. The summed E-state index contributed by atoms with van der Waals surface area (Å²) in [6.45, 7) is -2.80. The van der Waals surface area contributed by atoms with Gasteiger partial charge in [-0.25, -0.2) is 17.2 Å². The number of anilines is 1. The number of rotatable bonds is 5. The topological polar surface area (TPSA) is 66.9 Å². The number of fused-ring (bicyclic) bond motifs is 1. The average molecular weight is 486 g/mol. The third kappa shape index (κ3) is 4.70. The molecular formula is C22H22F4N2O4S. The molecule has 0 unspecified atom stereocenters. The van der Waals surface area contributed by atoms with Gasteiger partial charge in [0, 0.05) is 25.6 Å². The molecule has 6 nitrogen and oxygen atoms in total. The van der Waals surface area contributed by atoms with Crippen molar-refractivity contribution >= 4 is 21.6 Å². The summed E-state index contributed by atoms with van der Waals surface area (Å²) in [5, 5.41) is 0. The zero-order valence-corrected chi connectivity index (χ0v) is 18.3. The van der Waals surface area contributed by atoms with Gasteiger partial charge in [0.2, 0.25) is 15.9 Å². The number of benzene rings is 2. The lowest BCUT2D eigenvalue weighted by atomic mass is 9.93. The monoisotopic (exact) mass is 486 g/mol. The van der Waals surface area contributed by atoms with Crippen LogP contribution < -0.4 is 9.64 Å². The van der Waals surface area contributed by atoms with Gasteiger partial charge >= 0.3 is 6.61 Å². The number of piperidine rings is 1. The van der Waals surface area contributed by atoms with Gasteiger partial charge in [0.25, 0.3) is 0 Å². The summed E-state index contributed by atoms with van der Waals surface area (Å²) in [6, 6.07) is 6.97. The van der Waals surface area contributed by atoms with E-state index in [-0.39, 0.29) is 37.6 Å². The predicted octanol–water partition coefficient (Wildman–Crippen LogP) is 3.95. The van der Waals surface area contributed by atoms with Gasteiger partial charge in [-0.05, 0) is 55.5 Å². The first-order valence-electron chi connectivity index (χ1n) is 10.5. The molecule has 0 aliphatic carbocycles. The second kappa shape index (κ2) is 9.30. The van der Waals surface area contributed by atoms with Crippen LogP contribution in [0.1, 0.15) is 24.8 Å². The summed E-state index contributed by atoms with van der Waals surface area (Å²) in [7, 11) is -4.27. The molecule has 2 aromatic carbocycles. The van der Waals surface area contributed by atoms with Gasteiger partial charge in [0.1, 0.15) is 22.3 Å². The van der Waals surface area contributed by atoms with Crippen molar-refractivity contribution in [2.45, 2.75) is 37.2 Å². The molecule has 178 valence electrons. The fourth-order valence-corrected chi connectivity index (χ4v) is 5.95. The number of ether oxygens (including phenoxy) is 1. The van der Waals surface area contributed by atoms with E-state index in [2.05, 4.69) is 4.74 Å². The summed E-state index contributed by atoms with van der Waals surface area (Å²) in [5.41, 5.74) is 1.06. The predicted molar refractivity (Wildman–Crippen MR) is 112 cm³/mol. The molecule has 33 heavy (non-hydrogen) atoms. The summed E-state index contributed by atoms with van der Waals surface area (Å²) in [6.07, 6.45) is 1.61. The van der Waals surface area contributed by atoms with Crippen LogP contribution in [0.3, 0.4) is 0 Å². The third-order valence-corrected chi connectivity index (χ3v) is 7.89. The Kier molecular flexibility index (Phi) is 6.62. The minimum atomic E-state index is -4.27. The Balaban J connectivity index is 1.51. The maximum absolute atomic E-state index is 14.0. The molecule has 1 amide bonds. The molecule has 0 N–H and O–H groups in total. The van der Waals surface area contributed by atoms with E-state index in [4.69, 9.17) is 0 Å². The molecule has 2 heterocycles. The number of hydrogen-bond acceptors (Lipinski definition) is 4. The number of sulfonamides is 1. The molecule has 1 fully saturated rings. The van der Waals surface area contributed by atoms with E-state index in [9.17, 15) is 30.8 Å². The molecule has 0 spiro atoms. The maximum atomic E-state index is 14.0. The molecule has 1 saturated heterocycles. The SMILES string of the molecule is O=C(C1CCN(S(=O)(=O)c2cc(F)ccc2F)CC1)N1CCCc2cccc(OC(F)F)c21. The molecule has 4 rings (SSSR count). The van der Waals surface area contributed by atoms with Crippen LogP contribution in [0, 0.1) is 17.6 Å². The number of aryl methyl sites for hydroxylation is 1. The number of carbonyl (C=O) groups is 1. The molecule has 11 heteroatoms. The van der Waals surface area contributed by atoms with Crippen molar-refractivity contribution in [3.8, 4) is 5.75 Å². The molecule has 0 atom stereocenters. The summed E-state index contributed by atoms with van der Waals surface area (Å²) >= 11 is 0. The Morgan fingerprint density at radius 2 is 1.79 bits per heavy atom. The lowest BCUT2D eigenvalue weighted by molar-refractivity contribution is -0.123. The van der Waals surface area contributed by atoms with Gasteiger partial charge in [0.05, 0.1) is 5.69 Å². The molecule has 0 radical (unpaired) electrons. The highest BCUT2D eigenvalue weighted by Gasteiger charge is 2.37. The van der Waals surface area contributed by atoms with Crippen LogP contribution in [0.15, 0.2) is 41.3 Å². The highest BCUT2D eigenvalue weighted by Crippen LogP contribution is 2.39. The van der Waals surface area contributed by atoms with Crippen LogP contribution in [0.5, 0.6) is 5.75 Å². The van der Waals surface area contributed by atoms with Crippen LogP contribution in [-0.4, -0.2) is 44.9 Å². The van der Waals surface area contributed by atoms with Gasteiger partial charge in [-0.15, -0.1) is 0 Å². The van der Waals surface area contributed by atoms with Crippen molar-refractivity contribution in [1.29, 1.82) is 0 Å². The van der Waals surface area contributed by atoms with Crippen molar-refractivity contribution in [3.63, 3.8) is 0 Å². The maximum Gasteiger partial charge on any atom is 0.387 e. The van der Waals surface area contributed by atoms with Gasteiger partial charge in [-0.3, -0.25) is 4.79 Å². The minimum Gasteiger partial charge on any atom is -0.433 e. The summed E-state index contributed by atoms with van der Waals surface area (Å²) in [5.74, 6) is -2.83. The molecule has 0 bridgehead atoms. The summed E-state index contributed by atoms with van der Waals surface area (Å²) < 4.78 is 84.5. The average Bonchev–Trinajstić information content (AvgIpc) is 2.79. The first kappa shape index (κ1) is 23.5. The first-order valence-corrected chi connectivity index (χ1v) is 12.0. The zero-order chi connectivity index (χ0) is 23.8. The van der Waals surface area contributed by atoms with Crippen LogP contribution in [0.4, 0.5) is 23.2 Å². The van der Waals surface area contributed by atoms with Crippen molar-refractivity contribution in [3.05, 3.63) is 53.6 Å². The van der Waals surface area contributed by atoms with Gasteiger partial charge < -0.3 is 9.64 Å². The minimum absolute atomic E-state index is 0.0510. The number of hydrogen-bond donors (Lipinski definition) is 0. The number of halogens is 4. The standard InChI is InChI=1S/C22H22F4N2O4S/c23-16-6-7-17(24)19(13-16)33(30,31)27-11-8-15(9-12-27)21(29)28-10-2-4-14-3-1-5-18(20(14)28)32-22(25)26/h1,3,5-7,13,15,22H,2,4,8-12H2. The van der Waals surface area contributed by atoms with E-state index < -0.39 is 39.1 Å². The molecule has 2 aliphatic rings. The largest absolute Gasteiger partial charge is 0.433 e. The number of carbonyl (C=O) groups excluding carboxylic acids is 1. The normalized spacial score (nSPS) is 17.8. The number of nitrogens with zero attached hydrogens (tertiary/aromatic N) is 2. The fourth-order valence-electron chi connectivity index (χ4n) is 4.40. The van der Waals surface area contributed by atoms with Gasteiger partial charge in [-0.2, -0.15) is 13.1 Å². The quantitative estimate of drug-likeness (QED) is 0.601. The molecular weight excluding hydrogens is 464 g/mol. The number of amides is 1. The Morgan fingerprint density at radius 1 is 1.06 bits per heavy atom. The van der Waals surface area contributed by atoms with E-state index in [1.54, 1.807) is 12.1 Å². The Labute approximate surface area is 188 Å². The van der Waals surface area contributed by atoms with Crippen molar-refractivity contribution in [2.75, 3.05) is 24.5 Å². The summed E-state index contributed by atoms with van der Waals surface area (Å²) in [4.78, 5) is 14.0. The van der Waals surface area contributed by atoms with Crippen LogP contribution >= 0.6 is 0 Å². The zero-order valence-electron chi connectivity index (χ0n) is 17.5. The second-order valence-corrected chi connectivity index (χ2v) is 9.90.